The molecule has 132 valence electrons. The Morgan fingerprint density at radius 2 is 2.29 bits per heavy atom. The summed E-state index contributed by atoms with van der Waals surface area (Å²) in [7, 11) is 0. The molecule has 0 unspecified atom stereocenters. The first kappa shape index (κ1) is 17.9. The lowest BCUT2D eigenvalue weighted by molar-refractivity contribution is -0.351. The van der Waals surface area contributed by atoms with Crippen molar-refractivity contribution >= 4 is 11.8 Å². The number of hydrazone groups is 1. The Morgan fingerprint density at radius 1 is 1.58 bits per heavy atom. The van der Waals surface area contributed by atoms with Gasteiger partial charge in [0.05, 0.1) is 17.9 Å². The van der Waals surface area contributed by atoms with E-state index in [1.165, 1.54) is 25.2 Å². The monoisotopic (exact) mass is 336 g/mol. The minimum atomic E-state index is -0.638. The highest BCUT2D eigenvalue weighted by Gasteiger charge is 2.24. The lowest BCUT2D eigenvalue weighted by Gasteiger charge is -2.30. The third-order valence-corrected chi connectivity index (χ3v) is 4.13. The molecular formula is C15H24N6O3. The van der Waals surface area contributed by atoms with Crippen molar-refractivity contribution in [1.82, 2.24) is 9.91 Å². The van der Waals surface area contributed by atoms with E-state index in [4.69, 9.17) is 15.6 Å². The highest BCUT2D eigenvalue weighted by molar-refractivity contribution is 5.90. The summed E-state index contributed by atoms with van der Waals surface area (Å²) in [6, 6.07) is 3.00. The highest BCUT2D eigenvalue weighted by Crippen LogP contribution is 2.16. The molecule has 2 heterocycles. The van der Waals surface area contributed by atoms with Crippen molar-refractivity contribution in [3.05, 3.63) is 34.3 Å². The van der Waals surface area contributed by atoms with Gasteiger partial charge in [-0.15, -0.1) is 5.01 Å². The minimum absolute atomic E-state index is 0.0382. The highest BCUT2D eigenvalue weighted by atomic mass is 16.6. The third kappa shape index (κ3) is 5.05. The van der Waals surface area contributed by atoms with Crippen LogP contribution in [0, 0.1) is 21.4 Å². The predicted molar refractivity (Wildman–Crippen MR) is 90.3 cm³/mol. The fraction of sp³-hybridized carbons (Fsp3) is 0.600. The first-order valence-corrected chi connectivity index (χ1v) is 8.08. The summed E-state index contributed by atoms with van der Waals surface area (Å²) in [4.78, 5) is 12.9. The third-order valence-electron chi connectivity index (χ3n) is 4.13. The number of piperidine rings is 1. The minimum Gasteiger partial charge on any atom is -0.456 e. The summed E-state index contributed by atoms with van der Waals surface area (Å²) in [5, 5.41) is 23.8. The van der Waals surface area contributed by atoms with Crippen molar-refractivity contribution in [3.63, 3.8) is 0 Å². The van der Waals surface area contributed by atoms with Crippen LogP contribution in [0.25, 0.3) is 0 Å². The van der Waals surface area contributed by atoms with Crippen molar-refractivity contribution in [2.45, 2.75) is 26.2 Å². The van der Waals surface area contributed by atoms with Gasteiger partial charge in [-0.05, 0) is 61.9 Å². The van der Waals surface area contributed by atoms with E-state index in [-0.39, 0.29) is 11.7 Å². The number of hydrogen-bond acceptors (Lipinski definition) is 6. The van der Waals surface area contributed by atoms with Crippen LogP contribution in [-0.2, 0) is 0 Å². The maximum absolute atomic E-state index is 11.2. The number of rotatable bonds is 6. The fourth-order valence-electron chi connectivity index (χ4n) is 2.65. The van der Waals surface area contributed by atoms with Crippen LogP contribution in [-0.4, -0.2) is 52.8 Å². The molecule has 0 aliphatic carbocycles. The topological polar surface area (TPSA) is 125 Å². The van der Waals surface area contributed by atoms with E-state index in [2.05, 4.69) is 16.9 Å². The Bertz CT molecular complexity index is 578. The molecular weight excluding hydrogens is 312 g/mol. The number of nitrogens with one attached hydrogen (secondary N) is 1. The van der Waals surface area contributed by atoms with E-state index in [0.717, 1.165) is 37.0 Å². The molecule has 1 aliphatic heterocycles. The van der Waals surface area contributed by atoms with Gasteiger partial charge in [-0.2, -0.15) is 0 Å². The largest absolute Gasteiger partial charge is 0.456 e. The van der Waals surface area contributed by atoms with Gasteiger partial charge in [-0.1, -0.05) is 6.92 Å². The van der Waals surface area contributed by atoms with E-state index in [1.54, 1.807) is 6.07 Å². The molecule has 0 spiro atoms. The van der Waals surface area contributed by atoms with Crippen LogP contribution in [0.1, 0.15) is 31.9 Å². The van der Waals surface area contributed by atoms with Gasteiger partial charge in [0.1, 0.15) is 0 Å². The van der Waals surface area contributed by atoms with Crippen LogP contribution < -0.4 is 5.73 Å². The molecule has 1 fully saturated rings. The average molecular weight is 336 g/mol. The zero-order valence-corrected chi connectivity index (χ0v) is 13.9. The van der Waals surface area contributed by atoms with E-state index in [1.807, 2.05) is 0 Å². The fourth-order valence-corrected chi connectivity index (χ4v) is 2.65. The van der Waals surface area contributed by atoms with E-state index < -0.39 is 10.8 Å². The number of nitro groups is 1. The molecule has 0 atom stereocenters. The molecule has 1 aromatic heterocycles. The van der Waals surface area contributed by atoms with Crippen molar-refractivity contribution in [1.29, 1.82) is 5.41 Å². The first-order valence-electron chi connectivity index (χ1n) is 8.08. The Balaban J connectivity index is 1.94. The van der Waals surface area contributed by atoms with Gasteiger partial charge in [0.25, 0.3) is 0 Å². The number of amidine groups is 1. The number of nitrogens with zero attached hydrogens (tertiary/aromatic N) is 4. The molecule has 24 heavy (non-hydrogen) atoms. The van der Waals surface area contributed by atoms with Crippen LogP contribution in [0.2, 0.25) is 0 Å². The second-order valence-corrected chi connectivity index (χ2v) is 6.04. The summed E-state index contributed by atoms with van der Waals surface area (Å²) in [6.45, 7) is 5.60. The Labute approximate surface area is 140 Å². The molecule has 1 aliphatic rings. The number of furan rings is 1. The van der Waals surface area contributed by atoms with Gasteiger partial charge in [0.2, 0.25) is 11.7 Å². The summed E-state index contributed by atoms with van der Waals surface area (Å²) < 4.78 is 5.03. The van der Waals surface area contributed by atoms with E-state index >= 15 is 0 Å². The van der Waals surface area contributed by atoms with Crippen molar-refractivity contribution in [2.24, 2.45) is 16.8 Å². The Morgan fingerprint density at radius 3 is 2.83 bits per heavy atom. The van der Waals surface area contributed by atoms with E-state index in [9.17, 15) is 10.1 Å². The molecule has 2 rings (SSSR count). The summed E-state index contributed by atoms with van der Waals surface area (Å²) >= 11 is 0. The summed E-state index contributed by atoms with van der Waals surface area (Å²) in [5.41, 5.74) is 5.51. The number of nitrogens with two attached hydrogens (primary N) is 1. The molecule has 0 amide bonds. The zero-order chi connectivity index (χ0) is 17.5. The Kier molecular flexibility index (Phi) is 6.30. The summed E-state index contributed by atoms with van der Waals surface area (Å²) in [5.74, 6) is 0.0296. The van der Waals surface area contributed by atoms with E-state index in [0.29, 0.717) is 6.54 Å². The van der Waals surface area contributed by atoms with Crippen LogP contribution in [0.3, 0.4) is 0 Å². The van der Waals surface area contributed by atoms with Crippen LogP contribution in [0.4, 0.5) is 0 Å². The maximum Gasteiger partial charge on any atom is 0.431 e. The molecule has 1 saturated heterocycles. The average Bonchev–Trinajstić information content (AvgIpc) is 3.05. The van der Waals surface area contributed by atoms with Crippen LogP contribution >= 0.6 is 0 Å². The predicted octanol–water partition coefficient (Wildman–Crippen LogP) is 1.54. The number of hydrogen-bond donors (Lipinski definition) is 2. The molecule has 3 N–H and O–H groups in total. The molecule has 1 aromatic rings. The molecule has 9 heteroatoms. The molecule has 0 bridgehead atoms. The lowest BCUT2D eigenvalue weighted by atomic mass is 9.99. The maximum atomic E-state index is 11.2. The SMILES string of the molecule is CC1CCN(CCCN(/N=C(/c2ccco2)[N+](=O)[O-])C(=N)N)CC1. The van der Waals surface area contributed by atoms with Crippen molar-refractivity contribution < 1.29 is 9.34 Å². The standard InChI is InChI=1S/C15H24N6O3/c1-12-5-9-19(10-6-12)7-3-8-20(15(16)17)18-14(21(22)23)13-4-2-11-24-13/h2,4,11-12H,3,5-10H2,1H3,(H3,16,17)/b18-14-. The normalized spacial score (nSPS) is 17.0. The van der Waals surface area contributed by atoms with Gasteiger partial charge < -0.3 is 25.2 Å². The second-order valence-electron chi connectivity index (χ2n) is 6.04. The van der Waals surface area contributed by atoms with Gasteiger partial charge >= 0.3 is 5.84 Å². The summed E-state index contributed by atoms with van der Waals surface area (Å²) in [6.07, 6.45) is 4.45. The van der Waals surface area contributed by atoms with Gasteiger partial charge in [-0.25, -0.2) is 0 Å². The quantitative estimate of drug-likeness (QED) is 0.351. The lowest BCUT2D eigenvalue weighted by Crippen LogP contribution is -2.38. The number of likely N-dealkylation sites (tertiary alicyclic amines) is 1. The smallest absolute Gasteiger partial charge is 0.431 e. The zero-order valence-electron chi connectivity index (χ0n) is 13.9. The number of guanidine groups is 1. The van der Waals surface area contributed by atoms with Crippen molar-refractivity contribution in [3.8, 4) is 0 Å². The van der Waals surface area contributed by atoms with Crippen LogP contribution in [0.5, 0.6) is 0 Å². The molecule has 0 radical (unpaired) electrons. The van der Waals surface area contributed by atoms with Crippen molar-refractivity contribution in [2.75, 3.05) is 26.2 Å². The van der Waals surface area contributed by atoms with Gasteiger partial charge in [0, 0.05) is 0 Å². The van der Waals surface area contributed by atoms with Gasteiger partial charge in [0.15, 0.2) is 0 Å². The van der Waals surface area contributed by atoms with Gasteiger partial charge in [-0.3, -0.25) is 5.41 Å². The Hall–Kier alpha value is -2.42. The molecule has 9 nitrogen and oxygen atoms in total. The first-order chi connectivity index (χ1) is 11.5. The molecule has 0 saturated carbocycles. The second kappa shape index (κ2) is 8.44. The van der Waals surface area contributed by atoms with Crippen LogP contribution in [0.15, 0.2) is 27.9 Å². The molecule has 0 aromatic carbocycles.